The normalized spacial score (nSPS) is 10.9. The average molecular weight is 280 g/mol. The van der Waals surface area contributed by atoms with Crippen molar-refractivity contribution < 1.29 is 5.11 Å². The maximum absolute atomic E-state index is 9.86. The van der Waals surface area contributed by atoms with Gasteiger partial charge in [-0.25, -0.2) is 0 Å². The molecule has 0 aliphatic carbocycles. The van der Waals surface area contributed by atoms with Gasteiger partial charge in [-0.1, -0.05) is 28.1 Å². The number of rotatable bonds is 3. The van der Waals surface area contributed by atoms with E-state index in [1.165, 1.54) is 0 Å². The van der Waals surface area contributed by atoms with Crippen LogP contribution in [0.25, 0.3) is 10.8 Å². The molecule has 2 N–H and O–H groups in total. The molecule has 0 unspecified atom stereocenters. The quantitative estimate of drug-likeness (QED) is 0.905. The number of nitrogens with one attached hydrogen (secondary N) is 1. The number of fused-ring (bicyclic) bond motifs is 1. The summed E-state index contributed by atoms with van der Waals surface area (Å²) < 4.78 is 1.06. The minimum atomic E-state index is 0.380. The molecule has 0 aliphatic heterocycles. The van der Waals surface area contributed by atoms with Crippen LogP contribution in [0.1, 0.15) is 5.56 Å². The number of halogens is 1. The maximum Gasteiger partial charge on any atom is 0.119 e. The molecular weight excluding hydrogens is 266 g/mol. The van der Waals surface area contributed by atoms with Gasteiger partial charge in [-0.2, -0.15) is 0 Å². The largest absolute Gasteiger partial charge is 0.508 e. The van der Waals surface area contributed by atoms with Crippen LogP contribution in [0.5, 0.6) is 5.75 Å². The van der Waals surface area contributed by atoms with E-state index >= 15 is 0 Å². The Hall–Kier alpha value is -1.06. The monoisotopic (exact) mass is 279 g/mol. The van der Waals surface area contributed by atoms with Gasteiger partial charge in [0.1, 0.15) is 5.75 Å². The van der Waals surface area contributed by atoms with E-state index in [0.29, 0.717) is 5.75 Å². The summed E-state index contributed by atoms with van der Waals surface area (Å²) in [5.74, 6) is 0.380. The Morgan fingerprint density at radius 2 is 2.06 bits per heavy atom. The first-order chi connectivity index (χ1) is 7.72. The van der Waals surface area contributed by atoms with Gasteiger partial charge in [0.15, 0.2) is 0 Å². The highest BCUT2D eigenvalue weighted by Gasteiger charge is 2.06. The molecule has 2 aromatic carbocycles. The van der Waals surface area contributed by atoms with Gasteiger partial charge in [-0.05, 0) is 49.0 Å². The second kappa shape index (κ2) is 4.85. The van der Waals surface area contributed by atoms with Gasteiger partial charge in [0.25, 0.3) is 0 Å². The molecule has 16 heavy (non-hydrogen) atoms. The van der Waals surface area contributed by atoms with Crippen molar-refractivity contribution in [3.63, 3.8) is 0 Å². The molecule has 3 heteroatoms. The number of aromatic hydroxyl groups is 1. The number of phenolic OH excluding ortho intramolecular Hbond substituents is 1. The molecule has 0 saturated carbocycles. The lowest BCUT2D eigenvalue weighted by molar-refractivity contribution is 0.468. The van der Waals surface area contributed by atoms with Gasteiger partial charge in [0.2, 0.25) is 0 Å². The van der Waals surface area contributed by atoms with Gasteiger partial charge in [0.05, 0.1) is 0 Å². The third kappa shape index (κ3) is 2.20. The summed E-state index contributed by atoms with van der Waals surface area (Å²) in [5.41, 5.74) is 1.01. The molecule has 2 nitrogen and oxygen atoms in total. The summed E-state index contributed by atoms with van der Waals surface area (Å²) in [6.07, 6.45) is 0.835. The number of hydrogen-bond donors (Lipinski definition) is 2. The van der Waals surface area contributed by atoms with Crippen LogP contribution < -0.4 is 5.32 Å². The van der Waals surface area contributed by atoms with E-state index in [4.69, 9.17) is 0 Å². The van der Waals surface area contributed by atoms with Crippen molar-refractivity contribution in [2.24, 2.45) is 0 Å². The van der Waals surface area contributed by atoms with Crippen LogP contribution in [0.2, 0.25) is 0 Å². The molecule has 2 rings (SSSR count). The predicted octanol–water partition coefficient (Wildman–Crippen LogP) is 3.07. The summed E-state index contributed by atoms with van der Waals surface area (Å²) in [6.45, 7) is 0.864. The smallest absolute Gasteiger partial charge is 0.119 e. The molecular formula is C13H14BrNO. The van der Waals surface area contributed by atoms with Crippen LogP contribution in [0.15, 0.2) is 34.8 Å². The van der Waals surface area contributed by atoms with Crippen LogP contribution >= 0.6 is 15.9 Å². The Kier molecular flexibility index (Phi) is 3.46. The number of likely N-dealkylation sites (N-methyl/N-ethyl adjacent to an activating group) is 1. The topological polar surface area (TPSA) is 32.3 Å². The molecule has 0 saturated heterocycles. The minimum Gasteiger partial charge on any atom is -0.508 e. The van der Waals surface area contributed by atoms with Crippen LogP contribution in [0, 0.1) is 0 Å². The van der Waals surface area contributed by atoms with E-state index in [2.05, 4.69) is 27.3 Å². The molecule has 0 atom stereocenters. The van der Waals surface area contributed by atoms with Crippen molar-refractivity contribution in [3.05, 3.63) is 40.4 Å². The van der Waals surface area contributed by atoms with Crippen molar-refractivity contribution in [2.45, 2.75) is 6.42 Å². The third-order valence-corrected chi connectivity index (χ3v) is 3.19. The van der Waals surface area contributed by atoms with E-state index in [9.17, 15) is 5.11 Å². The zero-order chi connectivity index (χ0) is 11.5. The Balaban J connectivity index is 2.55. The Morgan fingerprint density at radius 1 is 1.25 bits per heavy atom. The van der Waals surface area contributed by atoms with Crippen LogP contribution in [-0.4, -0.2) is 18.7 Å². The van der Waals surface area contributed by atoms with Crippen LogP contribution in [-0.2, 0) is 6.42 Å². The lowest BCUT2D eigenvalue weighted by Gasteiger charge is -2.09. The fourth-order valence-electron chi connectivity index (χ4n) is 1.87. The van der Waals surface area contributed by atoms with Crippen LogP contribution in [0.4, 0.5) is 0 Å². The van der Waals surface area contributed by atoms with Crippen molar-refractivity contribution >= 4 is 26.7 Å². The first-order valence-corrected chi connectivity index (χ1v) is 6.06. The molecule has 84 valence electrons. The molecule has 0 bridgehead atoms. The first-order valence-electron chi connectivity index (χ1n) is 5.27. The maximum atomic E-state index is 9.86. The Morgan fingerprint density at radius 3 is 2.81 bits per heavy atom. The third-order valence-electron chi connectivity index (χ3n) is 2.69. The molecule has 0 amide bonds. The highest BCUT2D eigenvalue weighted by atomic mass is 79.9. The number of benzene rings is 2. The molecule has 0 radical (unpaired) electrons. The van der Waals surface area contributed by atoms with Crippen molar-refractivity contribution in [1.29, 1.82) is 0 Å². The van der Waals surface area contributed by atoms with E-state index in [0.717, 1.165) is 33.8 Å². The van der Waals surface area contributed by atoms with Gasteiger partial charge >= 0.3 is 0 Å². The van der Waals surface area contributed by atoms with Crippen molar-refractivity contribution in [2.75, 3.05) is 13.6 Å². The number of hydrogen-bond acceptors (Lipinski definition) is 2. The lowest BCUT2D eigenvalue weighted by atomic mass is 10.0. The van der Waals surface area contributed by atoms with Gasteiger partial charge in [0, 0.05) is 10.0 Å². The molecule has 0 aromatic heterocycles. The summed E-state index contributed by atoms with van der Waals surface area (Å²) in [6, 6.07) is 9.82. The summed E-state index contributed by atoms with van der Waals surface area (Å²) >= 11 is 3.45. The molecule has 2 aromatic rings. The fraction of sp³-hybridized carbons (Fsp3) is 0.231. The van der Waals surface area contributed by atoms with E-state index < -0.39 is 0 Å². The minimum absolute atomic E-state index is 0.380. The van der Waals surface area contributed by atoms with E-state index in [1.54, 1.807) is 6.07 Å². The zero-order valence-corrected chi connectivity index (χ0v) is 10.7. The van der Waals surface area contributed by atoms with E-state index in [-0.39, 0.29) is 0 Å². The predicted molar refractivity (Wildman–Crippen MR) is 70.9 cm³/mol. The standard InChI is InChI=1S/C13H14BrNO/c1-15-7-6-12-11-4-3-10(14)8-9(11)2-5-13(12)16/h2-5,8,15-16H,6-7H2,1H3. The average Bonchev–Trinajstić information content (AvgIpc) is 2.28. The molecule has 0 spiro atoms. The highest BCUT2D eigenvalue weighted by Crippen LogP contribution is 2.29. The second-order valence-corrected chi connectivity index (χ2v) is 4.70. The van der Waals surface area contributed by atoms with Crippen molar-refractivity contribution in [1.82, 2.24) is 5.32 Å². The van der Waals surface area contributed by atoms with Crippen LogP contribution in [0.3, 0.4) is 0 Å². The highest BCUT2D eigenvalue weighted by molar-refractivity contribution is 9.10. The Labute approximate surface area is 103 Å². The Bertz CT molecular complexity index is 511. The SMILES string of the molecule is CNCCc1c(O)ccc2cc(Br)ccc12. The summed E-state index contributed by atoms with van der Waals surface area (Å²) in [4.78, 5) is 0. The summed E-state index contributed by atoms with van der Waals surface area (Å²) in [7, 11) is 1.92. The lowest BCUT2D eigenvalue weighted by Crippen LogP contribution is -2.10. The van der Waals surface area contributed by atoms with Gasteiger partial charge < -0.3 is 10.4 Å². The zero-order valence-electron chi connectivity index (χ0n) is 9.13. The molecule has 0 aliphatic rings. The summed E-state index contributed by atoms with van der Waals surface area (Å²) in [5, 5.41) is 15.2. The fourth-order valence-corrected chi connectivity index (χ4v) is 2.25. The van der Waals surface area contributed by atoms with Crippen molar-refractivity contribution in [3.8, 4) is 5.75 Å². The molecule has 0 heterocycles. The van der Waals surface area contributed by atoms with Gasteiger partial charge in [-0.3, -0.25) is 0 Å². The van der Waals surface area contributed by atoms with E-state index in [1.807, 2.05) is 25.2 Å². The van der Waals surface area contributed by atoms with Gasteiger partial charge in [-0.15, -0.1) is 0 Å². The first kappa shape index (κ1) is 11.4. The number of phenols is 1. The second-order valence-electron chi connectivity index (χ2n) is 3.78. The molecule has 0 fully saturated rings.